The van der Waals surface area contributed by atoms with Gasteiger partial charge in [-0.2, -0.15) is 0 Å². The number of hydrogen-bond donors (Lipinski definition) is 12. The second-order valence-electron chi connectivity index (χ2n) is 16.6. The van der Waals surface area contributed by atoms with E-state index in [-0.39, 0.29) is 50.3 Å². The molecule has 26 heteroatoms. The van der Waals surface area contributed by atoms with Crippen LogP contribution in [0.25, 0.3) is 0 Å². The van der Waals surface area contributed by atoms with Gasteiger partial charge in [0.1, 0.15) is 48.0 Å². The molecule has 0 bridgehead atoms. The van der Waals surface area contributed by atoms with Gasteiger partial charge < -0.3 is 63.4 Å². The SMILES string of the molecule is CCOc1ccc(C[C@H]2NC(=O)CCSSC[C@@H](C(=O)N3CCC[C@H]3C(=O)N[C@@H](CCCN)C(=O)NCC(N)=O)NC(=O)[C@H](CC(=O)NN)NC(=O)[C@H]([C@@H](C)O)NC(=O)[C@H]([C@@H](C)CC)NC2=O)cc1. The molecule has 9 atom stereocenters. The number of hydrazine groups is 1. The Kier molecular flexibility index (Phi) is 24.5. The van der Waals surface area contributed by atoms with Crippen molar-refractivity contribution >= 4 is 80.7 Å². The van der Waals surface area contributed by atoms with Crippen LogP contribution in [0.4, 0.5) is 0 Å². The van der Waals surface area contributed by atoms with Crippen LogP contribution in [0.5, 0.6) is 5.75 Å². The number of nitrogens with two attached hydrogens (primary N) is 3. The molecule has 1 aromatic rings. The Balaban J connectivity index is 2.01. The van der Waals surface area contributed by atoms with E-state index in [0.29, 0.717) is 37.2 Å². The molecule has 384 valence electrons. The van der Waals surface area contributed by atoms with E-state index in [0.717, 1.165) is 21.6 Å². The summed E-state index contributed by atoms with van der Waals surface area (Å²) < 4.78 is 5.54. The number of aliphatic hydroxyl groups excluding tert-OH is 1. The van der Waals surface area contributed by atoms with E-state index < -0.39 is 126 Å². The van der Waals surface area contributed by atoms with Crippen molar-refractivity contribution in [1.82, 2.24) is 47.5 Å². The zero-order valence-corrected chi connectivity index (χ0v) is 41.0. The van der Waals surface area contributed by atoms with E-state index in [1.165, 1.54) is 11.8 Å². The topological polar surface area (TPSA) is 378 Å². The maximum Gasteiger partial charge on any atom is 0.246 e. The quantitative estimate of drug-likeness (QED) is 0.0293. The van der Waals surface area contributed by atoms with Crippen molar-refractivity contribution in [3.05, 3.63) is 29.8 Å². The maximum absolute atomic E-state index is 14.5. The van der Waals surface area contributed by atoms with Crippen LogP contribution in [-0.4, -0.2) is 155 Å². The molecule has 1 aromatic carbocycles. The standard InChI is InChI=1S/C43H68N12O12S2/c1-5-23(3)35-41(64)53-36(24(4)56)42(65)50-29(20-34(59)54-46)38(61)51-30(43(66)55-17-8-10-31(55)40(63)49-27(9-7-16-44)37(60)47-21-32(45)57)22-69-68-18-15-33(58)48-28(39(62)52-35)19-25-11-13-26(14-12-25)67-6-2/h11-14,23-24,27-31,35-36,56H,5-10,15-22,44,46H2,1-4H3,(H2,45,57)(H,47,60)(H,48,58)(H,49,63)(H,50,65)(H,51,61)(H,52,62)(H,53,64)(H,54,59)/t23-,24+,27-,28+,29-,30-,31-,35-,36-/m0/s1. The molecule has 0 radical (unpaired) electrons. The second-order valence-corrected chi connectivity index (χ2v) is 19.2. The van der Waals surface area contributed by atoms with Crippen molar-refractivity contribution in [2.24, 2.45) is 23.2 Å². The highest BCUT2D eigenvalue weighted by molar-refractivity contribution is 8.76. The van der Waals surface area contributed by atoms with Crippen LogP contribution in [0.1, 0.15) is 78.2 Å². The lowest BCUT2D eigenvalue weighted by atomic mass is 9.96. The van der Waals surface area contributed by atoms with Crippen molar-refractivity contribution in [1.29, 1.82) is 0 Å². The minimum absolute atomic E-state index is 0.0209. The molecule has 24 nitrogen and oxygen atoms in total. The highest BCUT2D eigenvalue weighted by atomic mass is 33.1. The number of nitrogens with one attached hydrogen (secondary N) is 8. The maximum atomic E-state index is 14.5. The molecular weight excluding hydrogens is 941 g/mol. The van der Waals surface area contributed by atoms with Crippen LogP contribution in [0.3, 0.4) is 0 Å². The summed E-state index contributed by atoms with van der Waals surface area (Å²) in [6.45, 7) is 6.70. The van der Waals surface area contributed by atoms with E-state index >= 15 is 0 Å². The Labute approximate surface area is 408 Å². The molecule has 2 fully saturated rings. The van der Waals surface area contributed by atoms with Crippen LogP contribution in [0.2, 0.25) is 0 Å². The van der Waals surface area contributed by atoms with Crippen LogP contribution < -0.4 is 64.7 Å². The smallest absolute Gasteiger partial charge is 0.246 e. The third-order valence-corrected chi connectivity index (χ3v) is 13.7. The fourth-order valence-corrected chi connectivity index (χ4v) is 9.48. The molecule has 0 unspecified atom stereocenters. The zero-order valence-electron chi connectivity index (χ0n) is 39.3. The van der Waals surface area contributed by atoms with Crippen LogP contribution in [0, 0.1) is 5.92 Å². The van der Waals surface area contributed by atoms with Gasteiger partial charge in [-0.25, -0.2) is 5.84 Å². The van der Waals surface area contributed by atoms with Gasteiger partial charge in [-0.05, 0) is 69.7 Å². The molecule has 0 aromatic heterocycles. The Morgan fingerprint density at radius 3 is 2.19 bits per heavy atom. The molecule has 3 rings (SSSR count). The minimum Gasteiger partial charge on any atom is -0.494 e. The lowest BCUT2D eigenvalue weighted by Gasteiger charge is -2.31. The molecule has 2 aliphatic rings. The minimum atomic E-state index is -1.75. The van der Waals surface area contributed by atoms with E-state index in [2.05, 4.69) is 37.2 Å². The first-order chi connectivity index (χ1) is 32.8. The number of likely N-dealkylation sites (tertiary alicyclic amines) is 1. The average Bonchev–Trinajstić information content (AvgIpc) is 3.82. The van der Waals surface area contributed by atoms with E-state index in [1.54, 1.807) is 38.1 Å². The third kappa shape index (κ3) is 18.6. The molecule has 2 heterocycles. The zero-order chi connectivity index (χ0) is 51.2. The van der Waals surface area contributed by atoms with Gasteiger partial charge in [0.25, 0.3) is 0 Å². The molecule has 0 aliphatic carbocycles. The number of aliphatic hydroxyl groups is 1. The summed E-state index contributed by atoms with van der Waals surface area (Å²) in [5.74, 6) is -2.66. The molecule has 2 saturated heterocycles. The first-order valence-electron chi connectivity index (χ1n) is 22.8. The van der Waals surface area contributed by atoms with Crippen LogP contribution >= 0.6 is 21.6 Å². The highest BCUT2D eigenvalue weighted by Gasteiger charge is 2.41. The largest absolute Gasteiger partial charge is 0.494 e. The first kappa shape index (κ1) is 57.6. The Morgan fingerprint density at radius 1 is 0.899 bits per heavy atom. The second kappa shape index (κ2) is 29.4. The monoisotopic (exact) mass is 1010 g/mol. The summed E-state index contributed by atoms with van der Waals surface area (Å²) in [6, 6.07) is -2.68. The molecule has 10 amide bonds. The summed E-state index contributed by atoms with van der Waals surface area (Å²) >= 11 is 0. The van der Waals surface area contributed by atoms with Crippen LogP contribution in [0.15, 0.2) is 24.3 Å². The van der Waals surface area contributed by atoms with Crippen molar-refractivity contribution < 1.29 is 57.8 Å². The molecule has 0 spiro atoms. The molecule has 0 saturated carbocycles. The number of benzene rings is 1. The van der Waals surface area contributed by atoms with Gasteiger partial charge in [-0.15, -0.1) is 0 Å². The van der Waals surface area contributed by atoms with Gasteiger partial charge >= 0.3 is 0 Å². The van der Waals surface area contributed by atoms with Gasteiger partial charge in [-0.3, -0.25) is 53.4 Å². The predicted molar refractivity (Wildman–Crippen MR) is 256 cm³/mol. The Bertz CT molecular complexity index is 1970. The predicted octanol–water partition coefficient (Wildman–Crippen LogP) is -3.54. The van der Waals surface area contributed by atoms with Crippen molar-refractivity contribution in [2.75, 3.05) is 37.7 Å². The number of rotatable bonds is 18. The molecule has 15 N–H and O–H groups in total. The van der Waals surface area contributed by atoms with Crippen molar-refractivity contribution in [3.8, 4) is 5.75 Å². The Hall–Kier alpha value is -5.70. The summed E-state index contributed by atoms with van der Waals surface area (Å²) in [5, 5.41) is 28.7. The summed E-state index contributed by atoms with van der Waals surface area (Å²) in [6.07, 6.45) is -1.08. The summed E-state index contributed by atoms with van der Waals surface area (Å²) in [5.41, 5.74) is 13.4. The van der Waals surface area contributed by atoms with E-state index in [1.807, 2.05) is 12.3 Å². The van der Waals surface area contributed by atoms with Gasteiger partial charge in [0, 0.05) is 30.9 Å². The number of nitrogens with zero attached hydrogens (tertiary/aromatic N) is 1. The average molecular weight is 1010 g/mol. The molecular formula is C43H68N12O12S2. The number of carbonyl (C=O) groups is 10. The summed E-state index contributed by atoms with van der Waals surface area (Å²) in [4.78, 5) is 136. The molecule has 69 heavy (non-hydrogen) atoms. The van der Waals surface area contributed by atoms with Crippen molar-refractivity contribution in [3.63, 3.8) is 0 Å². The summed E-state index contributed by atoms with van der Waals surface area (Å²) in [7, 11) is 2.26. The Morgan fingerprint density at radius 2 is 1.57 bits per heavy atom. The number of ether oxygens (including phenoxy) is 1. The van der Waals surface area contributed by atoms with Gasteiger partial charge in [0.05, 0.1) is 25.7 Å². The lowest BCUT2D eigenvalue weighted by Crippen LogP contribution is -2.63. The number of hydrogen-bond acceptors (Lipinski definition) is 16. The number of amides is 10. The van der Waals surface area contributed by atoms with Gasteiger partial charge in [-0.1, -0.05) is 54.0 Å². The van der Waals surface area contributed by atoms with Gasteiger partial charge in [0.2, 0.25) is 59.1 Å². The first-order valence-corrected chi connectivity index (χ1v) is 25.3. The van der Waals surface area contributed by atoms with E-state index in [9.17, 15) is 53.1 Å². The van der Waals surface area contributed by atoms with E-state index in [4.69, 9.17) is 22.0 Å². The lowest BCUT2D eigenvalue weighted by molar-refractivity contribution is -0.142. The highest BCUT2D eigenvalue weighted by Crippen LogP contribution is 2.26. The van der Waals surface area contributed by atoms with Crippen LogP contribution in [-0.2, 0) is 54.4 Å². The number of primary amides is 1. The normalized spacial score (nSPS) is 23.6. The fourth-order valence-electron chi connectivity index (χ4n) is 7.33. The fraction of sp³-hybridized carbons (Fsp3) is 0.628. The third-order valence-electron chi connectivity index (χ3n) is 11.3. The van der Waals surface area contributed by atoms with Gasteiger partial charge in [0.15, 0.2) is 0 Å². The van der Waals surface area contributed by atoms with Crippen molar-refractivity contribution in [2.45, 2.75) is 127 Å². The number of carbonyl (C=O) groups excluding carboxylic acids is 10. The molecule has 2 aliphatic heterocycles.